The molecule has 1 aliphatic heterocycles. The zero-order valence-electron chi connectivity index (χ0n) is 10.9. The molecule has 7 heteroatoms. The van der Waals surface area contributed by atoms with Crippen LogP contribution in [0.4, 0.5) is 0 Å². The van der Waals surface area contributed by atoms with Crippen LogP contribution in [-0.2, 0) is 23.0 Å². The van der Waals surface area contributed by atoms with Crippen LogP contribution in [0.5, 0.6) is 0 Å². The van der Waals surface area contributed by atoms with E-state index in [1.807, 2.05) is 24.3 Å². The number of aromatic amines is 1. The van der Waals surface area contributed by atoms with Crippen molar-refractivity contribution in [3.05, 3.63) is 40.0 Å². The van der Waals surface area contributed by atoms with Gasteiger partial charge in [0, 0.05) is 40.8 Å². The molecule has 0 aliphatic carbocycles. The molecule has 0 saturated heterocycles. The van der Waals surface area contributed by atoms with E-state index in [2.05, 4.69) is 26.1 Å². The first-order chi connectivity index (χ1) is 9.45. The van der Waals surface area contributed by atoms with E-state index >= 15 is 0 Å². The Hall–Kier alpha value is -1.18. The number of halogens is 1. The third kappa shape index (κ3) is 2.53. The summed E-state index contributed by atoms with van der Waals surface area (Å²) in [5.41, 5.74) is 3.83. The molecular formula is C13H14BrN3O2S. The third-order valence-corrected chi connectivity index (χ3v) is 5.26. The molecule has 1 aromatic carbocycles. The van der Waals surface area contributed by atoms with Gasteiger partial charge in [-0.25, -0.2) is 8.42 Å². The van der Waals surface area contributed by atoms with Gasteiger partial charge in [-0.15, -0.1) is 0 Å². The topological polar surface area (TPSA) is 66.1 Å². The van der Waals surface area contributed by atoms with Crippen LogP contribution in [0.15, 0.2) is 28.7 Å². The number of aromatic nitrogens is 2. The Balaban J connectivity index is 2.01. The molecule has 0 saturated carbocycles. The van der Waals surface area contributed by atoms with Crippen LogP contribution in [0.3, 0.4) is 0 Å². The van der Waals surface area contributed by atoms with E-state index in [0.717, 1.165) is 27.0 Å². The molecule has 20 heavy (non-hydrogen) atoms. The quantitative estimate of drug-likeness (QED) is 0.897. The lowest BCUT2D eigenvalue weighted by atomic mass is 10.0. The predicted octanol–water partition coefficient (Wildman–Crippen LogP) is 2.16. The van der Waals surface area contributed by atoms with Crippen LogP contribution in [0.1, 0.15) is 11.3 Å². The van der Waals surface area contributed by atoms with Gasteiger partial charge in [0.25, 0.3) is 0 Å². The van der Waals surface area contributed by atoms with Gasteiger partial charge in [-0.2, -0.15) is 9.40 Å². The van der Waals surface area contributed by atoms with Crippen LogP contribution in [-0.4, -0.2) is 35.7 Å². The van der Waals surface area contributed by atoms with Crippen molar-refractivity contribution in [1.29, 1.82) is 0 Å². The Morgan fingerprint density at radius 3 is 2.65 bits per heavy atom. The monoisotopic (exact) mass is 355 g/mol. The first kappa shape index (κ1) is 13.8. The first-order valence-electron chi connectivity index (χ1n) is 6.22. The summed E-state index contributed by atoms with van der Waals surface area (Å²) in [6, 6.07) is 7.85. The predicted molar refractivity (Wildman–Crippen MR) is 80.7 cm³/mol. The molecule has 2 heterocycles. The lowest BCUT2D eigenvalue weighted by Gasteiger charge is -2.24. The molecule has 106 valence electrons. The van der Waals surface area contributed by atoms with E-state index in [0.29, 0.717) is 19.5 Å². The summed E-state index contributed by atoms with van der Waals surface area (Å²) in [5.74, 6) is 0. The lowest BCUT2D eigenvalue weighted by molar-refractivity contribution is 0.394. The van der Waals surface area contributed by atoms with Gasteiger partial charge in [-0.05, 0) is 12.1 Å². The van der Waals surface area contributed by atoms with Crippen molar-refractivity contribution in [1.82, 2.24) is 14.5 Å². The van der Waals surface area contributed by atoms with Gasteiger partial charge in [0.2, 0.25) is 10.0 Å². The van der Waals surface area contributed by atoms with Crippen LogP contribution < -0.4 is 0 Å². The van der Waals surface area contributed by atoms with Crippen molar-refractivity contribution in [2.24, 2.45) is 0 Å². The van der Waals surface area contributed by atoms with Crippen molar-refractivity contribution in [2.45, 2.75) is 13.0 Å². The highest BCUT2D eigenvalue weighted by molar-refractivity contribution is 9.10. The molecule has 2 aromatic rings. The standard InChI is InChI=1S/C13H14BrN3O2S/c1-20(18,19)17-7-6-12-11(8-17)13(16-15-12)9-2-4-10(14)5-3-9/h2-5H,6-8H2,1H3,(H,15,16). The first-order valence-corrected chi connectivity index (χ1v) is 8.86. The van der Waals surface area contributed by atoms with Gasteiger partial charge in [0.15, 0.2) is 0 Å². The number of benzene rings is 1. The molecule has 0 unspecified atom stereocenters. The van der Waals surface area contributed by atoms with E-state index in [1.54, 1.807) is 0 Å². The number of nitrogens with zero attached hydrogens (tertiary/aromatic N) is 2. The van der Waals surface area contributed by atoms with Gasteiger partial charge in [-0.1, -0.05) is 28.1 Å². The SMILES string of the molecule is CS(=O)(=O)N1CCc2[nH]nc(-c3ccc(Br)cc3)c2C1. The maximum atomic E-state index is 11.7. The van der Waals surface area contributed by atoms with Crippen molar-refractivity contribution in [3.63, 3.8) is 0 Å². The zero-order valence-corrected chi connectivity index (χ0v) is 13.3. The molecule has 1 aliphatic rings. The minimum atomic E-state index is -3.17. The Kier molecular flexibility index (Phi) is 3.43. The maximum absolute atomic E-state index is 11.7. The van der Waals surface area contributed by atoms with E-state index < -0.39 is 10.0 Å². The second-order valence-electron chi connectivity index (χ2n) is 4.88. The van der Waals surface area contributed by atoms with Crippen LogP contribution in [0.25, 0.3) is 11.3 Å². The van der Waals surface area contributed by atoms with Gasteiger partial charge in [-0.3, -0.25) is 5.10 Å². The third-order valence-electron chi connectivity index (χ3n) is 3.49. The Labute approximate surface area is 126 Å². The number of rotatable bonds is 2. The van der Waals surface area contributed by atoms with E-state index in [-0.39, 0.29) is 0 Å². The van der Waals surface area contributed by atoms with E-state index in [4.69, 9.17) is 0 Å². The lowest BCUT2D eigenvalue weighted by Crippen LogP contribution is -2.35. The maximum Gasteiger partial charge on any atom is 0.211 e. The molecule has 1 aromatic heterocycles. The van der Waals surface area contributed by atoms with E-state index in [9.17, 15) is 8.42 Å². The largest absolute Gasteiger partial charge is 0.282 e. The van der Waals surface area contributed by atoms with Gasteiger partial charge < -0.3 is 0 Å². The average molecular weight is 356 g/mol. The van der Waals surface area contributed by atoms with Crippen molar-refractivity contribution in [3.8, 4) is 11.3 Å². The second kappa shape index (κ2) is 4.98. The molecule has 0 bridgehead atoms. The smallest absolute Gasteiger partial charge is 0.211 e. The summed E-state index contributed by atoms with van der Waals surface area (Å²) in [7, 11) is -3.17. The highest BCUT2D eigenvalue weighted by atomic mass is 79.9. The summed E-state index contributed by atoms with van der Waals surface area (Å²) in [4.78, 5) is 0. The minimum Gasteiger partial charge on any atom is -0.282 e. The number of nitrogens with one attached hydrogen (secondary N) is 1. The average Bonchev–Trinajstić information content (AvgIpc) is 2.81. The van der Waals surface area contributed by atoms with Gasteiger partial charge in [0.05, 0.1) is 11.9 Å². The Morgan fingerprint density at radius 1 is 1.30 bits per heavy atom. The fourth-order valence-electron chi connectivity index (χ4n) is 2.40. The molecule has 3 rings (SSSR count). The van der Waals surface area contributed by atoms with Crippen molar-refractivity contribution < 1.29 is 8.42 Å². The molecule has 1 N–H and O–H groups in total. The molecule has 0 atom stereocenters. The second-order valence-corrected chi connectivity index (χ2v) is 7.78. The highest BCUT2D eigenvalue weighted by Gasteiger charge is 2.27. The fourth-order valence-corrected chi connectivity index (χ4v) is 3.45. The summed E-state index contributed by atoms with van der Waals surface area (Å²) in [6.45, 7) is 0.893. The Bertz CT molecular complexity index is 737. The number of hydrogen-bond donors (Lipinski definition) is 1. The van der Waals surface area contributed by atoms with Crippen LogP contribution in [0, 0.1) is 0 Å². The molecule has 5 nitrogen and oxygen atoms in total. The van der Waals surface area contributed by atoms with E-state index in [1.165, 1.54) is 10.6 Å². The Morgan fingerprint density at radius 2 is 2.00 bits per heavy atom. The van der Waals surface area contributed by atoms with Crippen LogP contribution in [0.2, 0.25) is 0 Å². The van der Waals surface area contributed by atoms with Crippen molar-refractivity contribution >= 4 is 26.0 Å². The fraction of sp³-hybridized carbons (Fsp3) is 0.308. The summed E-state index contributed by atoms with van der Waals surface area (Å²) in [6.07, 6.45) is 1.92. The molecule has 0 spiro atoms. The van der Waals surface area contributed by atoms with Crippen LogP contribution >= 0.6 is 15.9 Å². The molecule has 0 radical (unpaired) electrons. The summed E-state index contributed by atoms with van der Waals surface area (Å²) < 4.78 is 25.9. The number of hydrogen-bond acceptors (Lipinski definition) is 3. The minimum absolute atomic E-state index is 0.385. The molecule has 0 amide bonds. The number of H-pyrrole nitrogens is 1. The summed E-state index contributed by atoms with van der Waals surface area (Å²) >= 11 is 3.40. The highest BCUT2D eigenvalue weighted by Crippen LogP contribution is 2.29. The van der Waals surface area contributed by atoms with Crippen molar-refractivity contribution in [2.75, 3.05) is 12.8 Å². The molecular weight excluding hydrogens is 342 g/mol. The molecule has 0 fully saturated rings. The van der Waals surface area contributed by atoms with Gasteiger partial charge in [0.1, 0.15) is 0 Å². The number of sulfonamides is 1. The normalized spacial score (nSPS) is 16.1. The number of fused-ring (bicyclic) bond motifs is 1. The zero-order chi connectivity index (χ0) is 14.3. The summed E-state index contributed by atoms with van der Waals surface area (Å²) in [5, 5.41) is 7.38. The van der Waals surface area contributed by atoms with Gasteiger partial charge >= 0.3 is 0 Å².